The minimum atomic E-state index is -1.76. The van der Waals surface area contributed by atoms with Crippen LogP contribution in [-0.2, 0) is 4.43 Å². The van der Waals surface area contributed by atoms with Gasteiger partial charge in [0.2, 0.25) is 0 Å². The van der Waals surface area contributed by atoms with Gasteiger partial charge in [-0.1, -0.05) is 20.8 Å². The summed E-state index contributed by atoms with van der Waals surface area (Å²) in [7, 11) is -1.76. The maximum absolute atomic E-state index is 6.18. The number of nitrogens with zero attached hydrogens (tertiary/aromatic N) is 2. The van der Waals surface area contributed by atoms with Crippen molar-refractivity contribution in [3.63, 3.8) is 0 Å². The summed E-state index contributed by atoms with van der Waals surface area (Å²) in [4.78, 5) is 7.99. The van der Waals surface area contributed by atoms with E-state index in [-0.39, 0.29) is 11.1 Å². The van der Waals surface area contributed by atoms with Crippen LogP contribution in [0, 0.1) is 0 Å². The molecular formula is C13H25N3O2Si. The van der Waals surface area contributed by atoms with Gasteiger partial charge in [0, 0.05) is 0 Å². The average Bonchev–Trinajstić information content (AvgIpc) is 2.26. The first-order chi connectivity index (χ1) is 8.62. The van der Waals surface area contributed by atoms with Gasteiger partial charge in [0.15, 0.2) is 8.32 Å². The van der Waals surface area contributed by atoms with E-state index in [9.17, 15) is 0 Å². The van der Waals surface area contributed by atoms with Crippen molar-refractivity contribution < 1.29 is 9.16 Å². The lowest BCUT2D eigenvalue weighted by Gasteiger charge is -2.38. The number of nitrogens with two attached hydrogens (primary N) is 1. The Hall–Kier alpha value is -1.14. The zero-order valence-electron chi connectivity index (χ0n) is 12.7. The first kappa shape index (κ1) is 15.9. The van der Waals surface area contributed by atoms with E-state index in [2.05, 4.69) is 43.8 Å². The molecule has 19 heavy (non-hydrogen) atoms. The molecule has 1 aromatic rings. The molecule has 0 aliphatic heterocycles. The van der Waals surface area contributed by atoms with E-state index in [1.807, 2.05) is 6.92 Å². The normalized spacial score (nSPS) is 14.2. The Kier molecular flexibility index (Phi) is 4.92. The highest BCUT2D eigenvalue weighted by Gasteiger charge is 2.38. The van der Waals surface area contributed by atoms with E-state index >= 15 is 0 Å². The minimum Gasteiger partial charge on any atom is -0.461 e. The van der Waals surface area contributed by atoms with Crippen LogP contribution in [0.15, 0.2) is 12.4 Å². The molecule has 0 saturated carbocycles. The van der Waals surface area contributed by atoms with E-state index in [0.29, 0.717) is 18.3 Å². The van der Waals surface area contributed by atoms with Gasteiger partial charge in [-0.3, -0.25) is 0 Å². The molecule has 0 saturated heterocycles. The van der Waals surface area contributed by atoms with Crippen molar-refractivity contribution in [1.82, 2.24) is 9.97 Å². The standard InChI is InChI=1S/C13H25N3O2Si/c1-10(18-19(5,6)13(2,3)4)9-17-12-15-7-11(14)8-16-12/h7-8,10H,9,14H2,1-6H3. The first-order valence-corrected chi connectivity index (χ1v) is 9.41. The topological polar surface area (TPSA) is 70.3 Å². The predicted molar refractivity (Wildman–Crippen MR) is 79.7 cm³/mol. The zero-order valence-corrected chi connectivity index (χ0v) is 13.7. The molecule has 1 rings (SSSR count). The lowest BCUT2D eigenvalue weighted by Crippen LogP contribution is -2.44. The summed E-state index contributed by atoms with van der Waals surface area (Å²) in [5.74, 6) is 0. The van der Waals surface area contributed by atoms with Crippen molar-refractivity contribution in [2.45, 2.75) is 51.9 Å². The molecule has 0 amide bonds. The maximum atomic E-state index is 6.18. The Balaban J connectivity index is 2.48. The van der Waals surface area contributed by atoms with Gasteiger partial charge in [0.1, 0.15) is 6.61 Å². The second kappa shape index (κ2) is 5.88. The number of hydrogen-bond donors (Lipinski definition) is 1. The summed E-state index contributed by atoms with van der Waals surface area (Å²) in [5.41, 5.74) is 6.04. The van der Waals surface area contributed by atoms with Crippen molar-refractivity contribution in [1.29, 1.82) is 0 Å². The second-order valence-electron chi connectivity index (χ2n) is 6.30. The second-order valence-corrected chi connectivity index (χ2v) is 11.1. The lowest BCUT2D eigenvalue weighted by atomic mass is 10.2. The molecule has 108 valence electrons. The zero-order chi connectivity index (χ0) is 14.7. The van der Waals surface area contributed by atoms with Crippen LogP contribution in [0.3, 0.4) is 0 Å². The van der Waals surface area contributed by atoms with E-state index in [1.54, 1.807) is 0 Å². The molecule has 6 heteroatoms. The molecule has 0 bridgehead atoms. The third-order valence-corrected chi connectivity index (χ3v) is 8.00. The van der Waals surface area contributed by atoms with Gasteiger partial charge in [0.25, 0.3) is 0 Å². The van der Waals surface area contributed by atoms with Crippen molar-refractivity contribution in [2.75, 3.05) is 12.3 Å². The van der Waals surface area contributed by atoms with E-state index in [0.717, 1.165) is 0 Å². The van der Waals surface area contributed by atoms with Gasteiger partial charge in [-0.05, 0) is 25.1 Å². The van der Waals surface area contributed by atoms with Gasteiger partial charge in [-0.15, -0.1) is 0 Å². The van der Waals surface area contributed by atoms with Crippen molar-refractivity contribution in [3.05, 3.63) is 12.4 Å². The lowest BCUT2D eigenvalue weighted by molar-refractivity contribution is 0.123. The molecule has 0 aromatic carbocycles. The number of hydrogen-bond acceptors (Lipinski definition) is 5. The Morgan fingerprint density at radius 3 is 2.26 bits per heavy atom. The summed E-state index contributed by atoms with van der Waals surface area (Å²) in [6.07, 6.45) is 3.07. The van der Waals surface area contributed by atoms with Gasteiger partial charge >= 0.3 is 6.01 Å². The molecule has 0 aliphatic rings. The fourth-order valence-corrected chi connectivity index (χ4v) is 2.73. The largest absolute Gasteiger partial charge is 0.461 e. The molecule has 1 unspecified atom stereocenters. The molecule has 1 aromatic heterocycles. The molecule has 0 spiro atoms. The van der Waals surface area contributed by atoms with Crippen LogP contribution in [0.4, 0.5) is 5.69 Å². The van der Waals surface area contributed by atoms with Gasteiger partial charge < -0.3 is 14.9 Å². The Morgan fingerprint density at radius 1 is 1.26 bits per heavy atom. The van der Waals surface area contributed by atoms with Crippen LogP contribution in [0.1, 0.15) is 27.7 Å². The van der Waals surface area contributed by atoms with E-state index in [4.69, 9.17) is 14.9 Å². The average molecular weight is 283 g/mol. The molecule has 1 atom stereocenters. The molecule has 2 N–H and O–H groups in total. The SMILES string of the molecule is CC(COc1ncc(N)cn1)O[Si](C)(C)C(C)(C)C. The van der Waals surface area contributed by atoms with Crippen LogP contribution < -0.4 is 10.5 Å². The molecule has 0 radical (unpaired) electrons. The van der Waals surface area contributed by atoms with Crippen LogP contribution in [0.25, 0.3) is 0 Å². The highest BCUT2D eigenvalue weighted by atomic mass is 28.4. The highest BCUT2D eigenvalue weighted by molar-refractivity contribution is 6.74. The Labute approximate surface area is 116 Å². The number of nitrogen functional groups attached to an aromatic ring is 1. The van der Waals surface area contributed by atoms with Crippen LogP contribution in [0.5, 0.6) is 6.01 Å². The molecule has 0 aliphatic carbocycles. The number of ether oxygens (including phenoxy) is 1. The summed E-state index contributed by atoms with van der Waals surface area (Å²) in [5, 5.41) is 0.193. The third kappa shape index (κ3) is 4.79. The third-order valence-electron chi connectivity index (χ3n) is 3.40. The van der Waals surface area contributed by atoms with Crippen molar-refractivity contribution in [2.24, 2.45) is 0 Å². The fraction of sp³-hybridized carbons (Fsp3) is 0.692. The van der Waals surface area contributed by atoms with Crippen LogP contribution >= 0.6 is 0 Å². The van der Waals surface area contributed by atoms with Crippen molar-refractivity contribution in [3.8, 4) is 6.01 Å². The quantitative estimate of drug-likeness (QED) is 0.841. The molecular weight excluding hydrogens is 258 g/mol. The number of rotatable bonds is 5. The Morgan fingerprint density at radius 2 is 1.79 bits per heavy atom. The first-order valence-electron chi connectivity index (χ1n) is 6.50. The van der Waals surface area contributed by atoms with Crippen molar-refractivity contribution >= 4 is 14.0 Å². The fourth-order valence-electron chi connectivity index (χ4n) is 1.31. The Bertz CT molecular complexity index is 401. The predicted octanol–water partition coefficient (Wildman–Crippen LogP) is 2.85. The number of anilines is 1. The number of aromatic nitrogens is 2. The highest BCUT2D eigenvalue weighted by Crippen LogP contribution is 2.37. The van der Waals surface area contributed by atoms with Crippen LogP contribution in [0.2, 0.25) is 18.1 Å². The summed E-state index contributed by atoms with van der Waals surface area (Å²) < 4.78 is 11.7. The summed E-state index contributed by atoms with van der Waals surface area (Å²) >= 11 is 0. The summed E-state index contributed by atoms with van der Waals surface area (Å²) in [6.45, 7) is 13.6. The molecule has 0 fully saturated rings. The van der Waals surface area contributed by atoms with E-state index < -0.39 is 8.32 Å². The van der Waals surface area contributed by atoms with Gasteiger partial charge in [0.05, 0.1) is 24.2 Å². The van der Waals surface area contributed by atoms with E-state index in [1.165, 1.54) is 12.4 Å². The van der Waals surface area contributed by atoms with Crippen LogP contribution in [-0.4, -0.2) is 31.0 Å². The molecule has 1 heterocycles. The minimum absolute atomic E-state index is 0.0158. The van der Waals surface area contributed by atoms with Gasteiger partial charge in [-0.2, -0.15) is 0 Å². The smallest absolute Gasteiger partial charge is 0.316 e. The van der Waals surface area contributed by atoms with Gasteiger partial charge in [-0.25, -0.2) is 9.97 Å². The maximum Gasteiger partial charge on any atom is 0.316 e. The summed E-state index contributed by atoms with van der Waals surface area (Å²) in [6, 6.07) is 0.333. The molecule has 5 nitrogen and oxygen atoms in total. The monoisotopic (exact) mass is 283 g/mol.